The number of benzene rings is 2. The Morgan fingerprint density at radius 3 is 2.38 bits per heavy atom. The van der Waals surface area contributed by atoms with Crippen molar-refractivity contribution in [3.05, 3.63) is 58.9 Å². The first kappa shape index (κ1) is 23.3. The fourth-order valence-electron chi connectivity index (χ4n) is 3.60. The highest BCUT2D eigenvalue weighted by Gasteiger charge is 2.52. The number of halogens is 7. The van der Waals surface area contributed by atoms with Gasteiger partial charge in [0.25, 0.3) is 0 Å². The quantitative estimate of drug-likeness (QED) is 0.470. The first-order valence-electron chi connectivity index (χ1n) is 9.11. The zero-order valence-corrected chi connectivity index (χ0v) is 16.0. The summed E-state index contributed by atoms with van der Waals surface area (Å²) < 4.78 is 94.5. The molecule has 2 aromatic rings. The topological polar surface area (TPSA) is 90.9 Å². The van der Waals surface area contributed by atoms with Gasteiger partial charge in [0, 0.05) is 11.6 Å². The molecule has 0 aliphatic carbocycles. The Morgan fingerprint density at radius 2 is 1.81 bits per heavy atom. The standard InChI is InChI=1S/C20H15F7N4O/c21-14-6-11(29)3-4-15(14)31-18(32)16-7-12(17(30-16)20(25,26)27)9-1-2-10(8-28)13(5-9)19(22,23)24/h1-6,12,16-17,30H,7,29H2,(H,31,32). The van der Waals surface area contributed by atoms with E-state index in [0.717, 1.165) is 24.3 Å². The minimum absolute atomic E-state index is 0.0676. The van der Waals surface area contributed by atoms with Gasteiger partial charge in [0.2, 0.25) is 5.91 Å². The van der Waals surface area contributed by atoms with E-state index in [0.29, 0.717) is 6.07 Å². The van der Waals surface area contributed by atoms with Crippen LogP contribution in [0.15, 0.2) is 36.4 Å². The summed E-state index contributed by atoms with van der Waals surface area (Å²) in [4.78, 5) is 12.5. The molecule has 5 nitrogen and oxygen atoms in total. The molecule has 3 rings (SSSR count). The molecule has 170 valence electrons. The van der Waals surface area contributed by atoms with Gasteiger partial charge in [-0.05, 0) is 42.3 Å². The number of nitrogens with one attached hydrogen (secondary N) is 2. The Labute approximate surface area is 177 Å². The third-order valence-corrected chi connectivity index (χ3v) is 5.09. The maximum absolute atomic E-state index is 13.9. The van der Waals surface area contributed by atoms with Crippen molar-refractivity contribution < 1.29 is 35.5 Å². The Bertz CT molecular complexity index is 1080. The van der Waals surface area contributed by atoms with Crippen LogP contribution >= 0.6 is 0 Å². The minimum atomic E-state index is -4.95. The van der Waals surface area contributed by atoms with Gasteiger partial charge in [-0.25, -0.2) is 4.39 Å². The van der Waals surface area contributed by atoms with Crippen molar-refractivity contribution in [1.82, 2.24) is 5.32 Å². The second kappa shape index (κ2) is 8.31. The Balaban J connectivity index is 1.91. The van der Waals surface area contributed by atoms with Crippen LogP contribution in [-0.4, -0.2) is 24.2 Å². The normalized spacial score (nSPS) is 21.2. The molecule has 3 atom stereocenters. The molecular formula is C20H15F7N4O. The van der Waals surface area contributed by atoms with E-state index in [9.17, 15) is 35.5 Å². The summed E-state index contributed by atoms with van der Waals surface area (Å²) in [6.45, 7) is 0. The van der Waals surface area contributed by atoms with E-state index < -0.39 is 59.6 Å². The number of nitriles is 1. The lowest BCUT2D eigenvalue weighted by molar-refractivity contribution is -0.156. The van der Waals surface area contributed by atoms with Gasteiger partial charge in [0.1, 0.15) is 11.9 Å². The van der Waals surface area contributed by atoms with Crippen LogP contribution in [-0.2, 0) is 11.0 Å². The monoisotopic (exact) mass is 460 g/mol. The zero-order chi connectivity index (χ0) is 23.8. The predicted molar refractivity (Wildman–Crippen MR) is 99.7 cm³/mol. The number of nitrogen functional groups attached to an aromatic ring is 1. The van der Waals surface area contributed by atoms with Gasteiger partial charge < -0.3 is 11.1 Å². The van der Waals surface area contributed by atoms with Gasteiger partial charge >= 0.3 is 12.4 Å². The van der Waals surface area contributed by atoms with Crippen molar-refractivity contribution in [2.75, 3.05) is 11.1 Å². The van der Waals surface area contributed by atoms with E-state index >= 15 is 0 Å². The van der Waals surface area contributed by atoms with Gasteiger partial charge in [0.05, 0.1) is 28.9 Å². The van der Waals surface area contributed by atoms with Gasteiger partial charge in [0.15, 0.2) is 0 Å². The molecule has 1 saturated heterocycles. The molecule has 0 bridgehead atoms. The molecule has 32 heavy (non-hydrogen) atoms. The average molecular weight is 460 g/mol. The van der Waals surface area contributed by atoms with Crippen molar-refractivity contribution >= 4 is 17.3 Å². The highest BCUT2D eigenvalue weighted by atomic mass is 19.4. The van der Waals surface area contributed by atoms with E-state index in [2.05, 4.69) is 10.6 Å². The maximum Gasteiger partial charge on any atom is 0.417 e. The molecule has 1 amide bonds. The molecule has 1 fully saturated rings. The highest BCUT2D eigenvalue weighted by Crippen LogP contribution is 2.42. The van der Waals surface area contributed by atoms with Gasteiger partial charge in [-0.15, -0.1) is 0 Å². The number of hydrogen-bond donors (Lipinski definition) is 3. The lowest BCUT2D eigenvalue weighted by Gasteiger charge is -2.23. The number of hydrogen-bond acceptors (Lipinski definition) is 4. The maximum atomic E-state index is 13.9. The molecule has 4 N–H and O–H groups in total. The van der Waals surface area contributed by atoms with Gasteiger partial charge in [-0.3, -0.25) is 10.1 Å². The molecular weight excluding hydrogens is 445 g/mol. The summed E-state index contributed by atoms with van der Waals surface area (Å²) >= 11 is 0. The number of rotatable bonds is 3. The first-order valence-corrected chi connectivity index (χ1v) is 9.11. The average Bonchev–Trinajstić information content (AvgIpc) is 3.15. The Kier molecular flexibility index (Phi) is 6.06. The number of carbonyl (C=O) groups is 1. The zero-order valence-electron chi connectivity index (χ0n) is 16.0. The summed E-state index contributed by atoms with van der Waals surface area (Å²) in [6.07, 6.45) is -10.3. The molecule has 1 aliphatic rings. The fraction of sp³-hybridized carbons (Fsp3) is 0.300. The van der Waals surface area contributed by atoms with Crippen molar-refractivity contribution in [3.63, 3.8) is 0 Å². The van der Waals surface area contributed by atoms with E-state index in [-0.39, 0.29) is 16.9 Å². The third-order valence-electron chi connectivity index (χ3n) is 5.09. The number of nitrogens with zero attached hydrogens (tertiary/aromatic N) is 1. The van der Waals surface area contributed by atoms with Gasteiger partial charge in [-0.1, -0.05) is 6.07 Å². The Morgan fingerprint density at radius 1 is 1.12 bits per heavy atom. The fourth-order valence-corrected chi connectivity index (χ4v) is 3.60. The number of carbonyl (C=O) groups excluding carboxylic acids is 1. The van der Waals surface area contributed by atoms with E-state index in [1.165, 1.54) is 12.1 Å². The van der Waals surface area contributed by atoms with Crippen LogP contribution in [0.2, 0.25) is 0 Å². The number of anilines is 2. The van der Waals surface area contributed by atoms with Crippen molar-refractivity contribution in [1.29, 1.82) is 5.26 Å². The Hall–Kier alpha value is -3.33. The lowest BCUT2D eigenvalue weighted by Crippen LogP contribution is -2.46. The number of nitrogens with two attached hydrogens (primary N) is 1. The molecule has 0 saturated carbocycles. The molecule has 1 aliphatic heterocycles. The van der Waals surface area contributed by atoms with Crippen LogP contribution in [0.25, 0.3) is 0 Å². The van der Waals surface area contributed by atoms with Crippen LogP contribution in [0.3, 0.4) is 0 Å². The first-order chi connectivity index (χ1) is 14.8. The molecule has 0 aromatic heterocycles. The summed E-state index contributed by atoms with van der Waals surface area (Å²) in [5, 5.41) is 13.1. The molecule has 0 radical (unpaired) electrons. The second-order valence-corrected chi connectivity index (χ2v) is 7.22. The molecule has 0 spiro atoms. The van der Waals surface area contributed by atoms with Crippen LogP contribution < -0.4 is 16.4 Å². The lowest BCUT2D eigenvalue weighted by atomic mass is 9.88. The van der Waals surface area contributed by atoms with Crippen LogP contribution in [0.4, 0.5) is 42.1 Å². The highest BCUT2D eigenvalue weighted by molar-refractivity contribution is 5.95. The second-order valence-electron chi connectivity index (χ2n) is 7.22. The summed E-state index contributed by atoms with van der Waals surface area (Å²) in [7, 11) is 0. The molecule has 1 heterocycles. The summed E-state index contributed by atoms with van der Waals surface area (Å²) in [5.41, 5.74) is 2.73. The van der Waals surface area contributed by atoms with Crippen molar-refractivity contribution in [2.24, 2.45) is 0 Å². The third kappa shape index (κ3) is 4.77. The van der Waals surface area contributed by atoms with Gasteiger partial charge in [-0.2, -0.15) is 31.6 Å². The molecule has 3 unspecified atom stereocenters. The summed E-state index contributed by atoms with van der Waals surface area (Å²) in [6, 6.07) is 3.16. The van der Waals surface area contributed by atoms with Crippen molar-refractivity contribution in [3.8, 4) is 6.07 Å². The number of alkyl halides is 6. The predicted octanol–water partition coefficient (Wildman–Crippen LogP) is 4.31. The minimum Gasteiger partial charge on any atom is -0.399 e. The smallest absolute Gasteiger partial charge is 0.399 e. The van der Waals surface area contributed by atoms with Crippen LogP contribution in [0.5, 0.6) is 0 Å². The van der Waals surface area contributed by atoms with Crippen LogP contribution in [0.1, 0.15) is 29.0 Å². The molecule has 2 aromatic carbocycles. The number of amides is 1. The van der Waals surface area contributed by atoms with Crippen LogP contribution in [0, 0.1) is 17.1 Å². The van der Waals surface area contributed by atoms with Crippen molar-refractivity contribution in [2.45, 2.75) is 36.8 Å². The van der Waals surface area contributed by atoms with E-state index in [1.807, 2.05) is 0 Å². The summed E-state index contributed by atoms with van der Waals surface area (Å²) in [5.74, 6) is -3.44. The van der Waals surface area contributed by atoms with E-state index in [4.69, 9.17) is 11.0 Å². The molecule has 12 heteroatoms. The SMILES string of the molecule is N#Cc1ccc(C2CC(C(=O)Nc3ccc(N)cc3F)NC2C(F)(F)F)cc1C(F)(F)F. The largest absolute Gasteiger partial charge is 0.417 e. The van der Waals surface area contributed by atoms with E-state index in [1.54, 1.807) is 0 Å².